The standard InChI is InChI=1S/C21H21NO2S/c1-18-9-8-14-21(15-18)25(23,24)22(16-19-10-4-2-5-11-19)17-20-12-6-3-7-13-20/h2-15H,16-17H2,1H3. The lowest BCUT2D eigenvalue weighted by Crippen LogP contribution is -2.30. The van der Waals surface area contributed by atoms with Crippen molar-refractivity contribution in [3.63, 3.8) is 0 Å². The number of benzene rings is 3. The fraction of sp³-hybridized carbons (Fsp3) is 0.143. The summed E-state index contributed by atoms with van der Waals surface area (Å²) in [6.45, 7) is 2.58. The van der Waals surface area contributed by atoms with Gasteiger partial charge in [0, 0.05) is 13.1 Å². The first-order valence-corrected chi connectivity index (χ1v) is 9.64. The number of sulfonamides is 1. The van der Waals surface area contributed by atoms with Crippen LogP contribution in [-0.2, 0) is 23.1 Å². The number of hydrogen-bond acceptors (Lipinski definition) is 2. The summed E-state index contributed by atoms with van der Waals surface area (Å²) in [5, 5.41) is 0. The van der Waals surface area contributed by atoms with E-state index in [1.165, 1.54) is 4.31 Å². The van der Waals surface area contributed by atoms with Gasteiger partial charge in [-0.05, 0) is 35.7 Å². The molecule has 0 amide bonds. The number of aryl methyl sites for hydroxylation is 1. The van der Waals surface area contributed by atoms with Crippen molar-refractivity contribution in [3.8, 4) is 0 Å². The van der Waals surface area contributed by atoms with Crippen molar-refractivity contribution >= 4 is 10.0 Å². The monoisotopic (exact) mass is 351 g/mol. The van der Waals surface area contributed by atoms with Crippen LogP contribution in [0.4, 0.5) is 0 Å². The van der Waals surface area contributed by atoms with Crippen molar-refractivity contribution < 1.29 is 8.42 Å². The summed E-state index contributed by atoms with van der Waals surface area (Å²) in [6, 6.07) is 26.4. The zero-order valence-corrected chi connectivity index (χ0v) is 15.0. The van der Waals surface area contributed by atoms with E-state index in [0.717, 1.165) is 16.7 Å². The van der Waals surface area contributed by atoms with Crippen LogP contribution in [0.15, 0.2) is 89.8 Å². The Hall–Kier alpha value is -2.43. The Kier molecular flexibility index (Phi) is 5.31. The molecule has 0 heterocycles. The van der Waals surface area contributed by atoms with Gasteiger partial charge in [0.1, 0.15) is 0 Å². The predicted molar refractivity (Wildman–Crippen MR) is 100 cm³/mol. The fourth-order valence-electron chi connectivity index (χ4n) is 2.72. The molecule has 0 spiro atoms. The average molecular weight is 351 g/mol. The number of nitrogens with zero attached hydrogens (tertiary/aromatic N) is 1. The van der Waals surface area contributed by atoms with E-state index in [2.05, 4.69) is 0 Å². The van der Waals surface area contributed by atoms with Crippen molar-refractivity contribution in [1.82, 2.24) is 4.31 Å². The van der Waals surface area contributed by atoms with E-state index in [-0.39, 0.29) is 0 Å². The maximum absolute atomic E-state index is 13.2. The second-order valence-corrected chi connectivity index (χ2v) is 8.00. The molecular weight excluding hydrogens is 330 g/mol. The molecule has 0 aliphatic carbocycles. The maximum Gasteiger partial charge on any atom is 0.243 e. The van der Waals surface area contributed by atoms with Crippen molar-refractivity contribution in [2.75, 3.05) is 0 Å². The van der Waals surface area contributed by atoms with Gasteiger partial charge in [-0.1, -0.05) is 72.8 Å². The Morgan fingerprint density at radius 1 is 0.720 bits per heavy atom. The summed E-state index contributed by atoms with van der Waals surface area (Å²) >= 11 is 0. The molecule has 3 aromatic rings. The Morgan fingerprint density at radius 3 is 1.72 bits per heavy atom. The second-order valence-electron chi connectivity index (χ2n) is 6.06. The molecule has 3 rings (SSSR count). The van der Waals surface area contributed by atoms with Crippen LogP contribution < -0.4 is 0 Å². The zero-order valence-electron chi connectivity index (χ0n) is 14.2. The Labute approximate surface area is 149 Å². The van der Waals surface area contributed by atoms with Crippen molar-refractivity contribution in [2.24, 2.45) is 0 Å². The lowest BCUT2D eigenvalue weighted by molar-refractivity contribution is 0.401. The van der Waals surface area contributed by atoms with Gasteiger partial charge in [0.2, 0.25) is 10.0 Å². The minimum atomic E-state index is -3.59. The molecule has 25 heavy (non-hydrogen) atoms. The van der Waals surface area contributed by atoms with Crippen molar-refractivity contribution in [1.29, 1.82) is 0 Å². The molecule has 128 valence electrons. The first-order chi connectivity index (χ1) is 12.1. The van der Waals surface area contributed by atoms with E-state index in [1.807, 2.05) is 73.7 Å². The fourth-order valence-corrected chi connectivity index (χ4v) is 4.25. The maximum atomic E-state index is 13.2. The van der Waals surface area contributed by atoms with Crippen LogP contribution in [0.25, 0.3) is 0 Å². The molecule has 0 bridgehead atoms. The quantitative estimate of drug-likeness (QED) is 0.661. The van der Waals surface area contributed by atoms with Crippen LogP contribution >= 0.6 is 0 Å². The second kappa shape index (κ2) is 7.64. The summed E-state index contributed by atoms with van der Waals surface area (Å²) in [7, 11) is -3.59. The molecule has 0 aliphatic rings. The summed E-state index contributed by atoms with van der Waals surface area (Å²) in [6.07, 6.45) is 0. The molecular formula is C21H21NO2S. The highest BCUT2D eigenvalue weighted by Gasteiger charge is 2.25. The van der Waals surface area contributed by atoms with Crippen LogP contribution in [0.1, 0.15) is 16.7 Å². The Balaban J connectivity index is 1.97. The van der Waals surface area contributed by atoms with E-state index < -0.39 is 10.0 Å². The first-order valence-electron chi connectivity index (χ1n) is 8.20. The SMILES string of the molecule is Cc1cccc(S(=O)(=O)N(Cc2ccccc2)Cc2ccccc2)c1. The van der Waals surface area contributed by atoms with Crippen molar-refractivity contribution in [3.05, 3.63) is 102 Å². The molecule has 3 aromatic carbocycles. The molecule has 0 aliphatic heterocycles. The van der Waals surface area contributed by atoms with Gasteiger partial charge in [-0.15, -0.1) is 0 Å². The van der Waals surface area contributed by atoms with Crippen LogP contribution in [0.2, 0.25) is 0 Å². The molecule has 0 saturated heterocycles. The lowest BCUT2D eigenvalue weighted by atomic mass is 10.2. The lowest BCUT2D eigenvalue weighted by Gasteiger charge is -2.23. The molecule has 0 unspecified atom stereocenters. The summed E-state index contributed by atoms with van der Waals surface area (Å²) in [5.74, 6) is 0. The van der Waals surface area contributed by atoms with Gasteiger partial charge >= 0.3 is 0 Å². The van der Waals surface area contributed by atoms with Gasteiger partial charge in [0.25, 0.3) is 0 Å². The van der Waals surface area contributed by atoms with Crippen LogP contribution in [0.3, 0.4) is 0 Å². The van der Waals surface area contributed by atoms with E-state index in [0.29, 0.717) is 18.0 Å². The van der Waals surface area contributed by atoms with Gasteiger partial charge in [-0.3, -0.25) is 0 Å². The van der Waals surface area contributed by atoms with Gasteiger partial charge < -0.3 is 0 Å². The molecule has 0 atom stereocenters. The molecule has 0 fully saturated rings. The number of hydrogen-bond donors (Lipinski definition) is 0. The van der Waals surface area contributed by atoms with Gasteiger partial charge in [-0.2, -0.15) is 4.31 Å². The molecule has 4 heteroatoms. The van der Waals surface area contributed by atoms with E-state index in [4.69, 9.17) is 0 Å². The normalized spacial score (nSPS) is 11.6. The Morgan fingerprint density at radius 2 is 1.24 bits per heavy atom. The molecule has 0 aromatic heterocycles. The summed E-state index contributed by atoms with van der Waals surface area (Å²) < 4.78 is 28.0. The molecule has 3 nitrogen and oxygen atoms in total. The Bertz CT molecular complexity index is 881. The molecule has 0 saturated carbocycles. The van der Waals surface area contributed by atoms with E-state index >= 15 is 0 Å². The highest BCUT2D eigenvalue weighted by atomic mass is 32.2. The largest absolute Gasteiger partial charge is 0.243 e. The van der Waals surface area contributed by atoms with Gasteiger partial charge in [-0.25, -0.2) is 8.42 Å². The summed E-state index contributed by atoms with van der Waals surface area (Å²) in [5.41, 5.74) is 2.87. The zero-order chi connectivity index (χ0) is 17.7. The molecule has 0 radical (unpaired) electrons. The van der Waals surface area contributed by atoms with Crippen molar-refractivity contribution in [2.45, 2.75) is 24.9 Å². The summed E-state index contributed by atoms with van der Waals surface area (Å²) in [4.78, 5) is 0.333. The van der Waals surface area contributed by atoms with Gasteiger partial charge in [0.05, 0.1) is 4.90 Å². The van der Waals surface area contributed by atoms with E-state index in [1.54, 1.807) is 18.2 Å². The highest BCUT2D eigenvalue weighted by molar-refractivity contribution is 7.89. The minimum absolute atomic E-state index is 0.333. The number of rotatable bonds is 6. The van der Waals surface area contributed by atoms with Crippen LogP contribution in [0.5, 0.6) is 0 Å². The molecule has 0 N–H and O–H groups in total. The van der Waals surface area contributed by atoms with Crippen LogP contribution in [-0.4, -0.2) is 12.7 Å². The topological polar surface area (TPSA) is 37.4 Å². The average Bonchev–Trinajstić information content (AvgIpc) is 2.63. The third-order valence-electron chi connectivity index (χ3n) is 4.03. The third-order valence-corrected chi connectivity index (χ3v) is 5.82. The van der Waals surface area contributed by atoms with Gasteiger partial charge in [0.15, 0.2) is 0 Å². The van der Waals surface area contributed by atoms with Crippen LogP contribution in [0, 0.1) is 6.92 Å². The highest BCUT2D eigenvalue weighted by Crippen LogP contribution is 2.22. The first kappa shape index (κ1) is 17.4. The predicted octanol–water partition coefficient (Wildman–Crippen LogP) is 4.39. The minimum Gasteiger partial charge on any atom is -0.207 e. The van der Waals surface area contributed by atoms with E-state index in [9.17, 15) is 8.42 Å². The third kappa shape index (κ3) is 4.35. The smallest absolute Gasteiger partial charge is 0.207 e.